The van der Waals surface area contributed by atoms with Gasteiger partial charge in [0.15, 0.2) is 5.96 Å². The summed E-state index contributed by atoms with van der Waals surface area (Å²) in [6, 6.07) is 10.6. The molecule has 1 heterocycles. The lowest BCUT2D eigenvalue weighted by atomic mass is 10.2. The van der Waals surface area contributed by atoms with Gasteiger partial charge in [-0.2, -0.15) is 0 Å². The van der Waals surface area contributed by atoms with Crippen molar-refractivity contribution in [3.63, 3.8) is 0 Å². The van der Waals surface area contributed by atoms with E-state index in [4.69, 9.17) is 0 Å². The minimum absolute atomic E-state index is 0. The van der Waals surface area contributed by atoms with E-state index in [0.717, 1.165) is 12.0 Å². The molecule has 1 amide bonds. The first-order valence-corrected chi connectivity index (χ1v) is 9.30. The maximum Gasteiger partial charge on any atom is 0.243 e. The average Bonchev–Trinajstić information content (AvgIpc) is 3.10. The Labute approximate surface area is 181 Å². The van der Waals surface area contributed by atoms with E-state index in [2.05, 4.69) is 21.8 Å². The fourth-order valence-corrected chi connectivity index (χ4v) is 3.04. The van der Waals surface area contributed by atoms with Crippen LogP contribution in [0, 0.1) is 5.82 Å². The molecule has 1 aromatic carbocycles. The van der Waals surface area contributed by atoms with Crippen LogP contribution in [0.3, 0.4) is 0 Å². The van der Waals surface area contributed by atoms with Gasteiger partial charge in [0.25, 0.3) is 0 Å². The highest BCUT2D eigenvalue weighted by Crippen LogP contribution is 2.09. The Kier molecular flexibility index (Phi) is 10.3. The Bertz CT molecular complexity index is 737. The molecule has 0 saturated heterocycles. The second-order valence-corrected chi connectivity index (χ2v) is 7.20. The SMILES string of the molecule is CN(C)C(=O)CN=C(NCCc1cccs1)N(C)Cc1cccc(F)c1.I. The Hall–Kier alpha value is -1.68. The first-order valence-electron chi connectivity index (χ1n) is 8.42. The van der Waals surface area contributed by atoms with E-state index in [-0.39, 0.29) is 42.2 Å². The van der Waals surface area contributed by atoms with Crippen LogP contribution in [-0.4, -0.2) is 55.9 Å². The van der Waals surface area contributed by atoms with E-state index in [0.29, 0.717) is 19.0 Å². The van der Waals surface area contributed by atoms with E-state index < -0.39 is 0 Å². The van der Waals surface area contributed by atoms with Crippen LogP contribution in [-0.2, 0) is 17.8 Å². The van der Waals surface area contributed by atoms with Crippen LogP contribution >= 0.6 is 35.3 Å². The second kappa shape index (κ2) is 11.9. The number of carbonyl (C=O) groups excluding carboxylic acids is 1. The number of aliphatic imine (C=N–C) groups is 1. The number of guanidine groups is 1. The first-order chi connectivity index (χ1) is 12.5. The molecule has 1 N–H and O–H groups in total. The van der Waals surface area contributed by atoms with Crippen LogP contribution in [0.5, 0.6) is 0 Å². The van der Waals surface area contributed by atoms with Gasteiger partial charge in [0.2, 0.25) is 5.91 Å². The molecule has 27 heavy (non-hydrogen) atoms. The topological polar surface area (TPSA) is 47.9 Å². The van der Waals surface area contributed by atoms with Gasteiger partial charge in [0.05, 0.1) is 0 Å². The maximum absolute atomic E-state index is 13.4. The lowest BCUT2D eigenvalue weighted by molar-refractivity contribution is -0.127. The molecule has 0 spiro atoms. The summed E-state index contributed by atoms with van der Waals surface area (Å²) in [4.78, 5) is 21.0. The van der Waals surface area contributed by atoms with Gasteiger partial charge < -0.3 is 15.1 Å². The van der Waals surface area contributed by atoms with Crippen LogP contribution < -0.4 is 5.32 Å². The van der Waals surface area contributed by atoms with Crippen molar-refractivity contribution in [1.29, 1.82) is 0 Å². The predicted octanol–water partition coefficient (Wildman–Crippen LogP) is 3.21. The van der Waals surface area contributed by atoms with Gasteiger partial charge in [-0.05, 0) is 35.6 Å². The number of amides is 1. The van der Waals surface area contributed by atoms with E-state index in [1.165, 1.54) is 21.9 Å². The third-order valence-electron chi connectivity index (χ3n) is 3.77. The zero-order valence-corrected chi connectivity index (χ0v) is 19.0. The zero-order chi connectivity index (χ0) is 18.9. The van der Waals surface area contributed by atoms with Crippen LogP contribution in [0.25, 0.3) is 0 Å². The smallest absolute Gasteiger partial charge is 0.243 e. The highest BCUT2D eigenvalue weighted by atomic mass is 127. The van der Waals surface area contributed by atoms with Crippen LogP contribution in [0.1, 0.15) is 10.4 Å². The third kappa shape index (κ3) is 8.25. The zero-order valence-electron chi connectivity index (χ0n) is 15.8. The van der Waals surface area contributed by atoms with Gasteiger partial charge >= 0.3 is 0 Å². The molecule has 0 aliphatic carbocycles. The van der Waals surface area contributed by atoms with Gasteiger partial charge in [-0.3, -0.25) is 4.79 Å². The van der Waals surface area contributed by atoms with Crippen molar-refractivity contribution in [2.75, 3.05) is 34.2 Å². The van der Waals surface area contributed by atoms with Gasteiger partial charge in [-0.15, -0.1) is 35.3 Å². The van der Waals surface area contributed by atoms with Crippen molar-refractivity contribution < 1.29 is 9.18 Å². The number of thiophene rings is 1. The number of benzene rings is 1. The molecule has 0 radical (unpaired) electrons. The number of halogens is 2. The quantitative estimate of drug-likeness (QED) is 0.358. The first kappa shape index (κ1) is 23.4. The van der Waals surface area contributed by atoms with Crippen molar-refractivity contribution in [2.45, 2.75) is 13.0 Å². The van der Waals surface area contributed by atoms with Crippen LogP contribution in [0.15, 0.2) is 46.8 Å². The van der Waals surface area contributed by atoms with Gasteiger partial charge in [-0.25, -0.2) is 9.38 Å². The van der Waals surface area contributed by atoms with Crippen LogP contribution in [0.4, 0.5) is 4.39 Å². The van der Waals surface area contributed by atoms with Crippen LogP contribution in [0.2, 0.25) is 0 Å². The van der Waals surface area contributed by atoms with Crippen molar-refractivity contribution >= 4 is 47.2 Å². The van der Waals surface area contributed by atoms with Crippen molar-refractivity contribution in [2.24, 2.45) is 4.99 Å². The van der Waals surface area contributed by atoms with E-state index >= 15 is 0 Å². The molecule has 2 rings (SSSR count). The van der Waals surface area contributed by atoms with E-state index in [1.54, 1.807) is 31.5 Å². The molecular formula is C19H26FIN4OS. The molecule has 0 fully saturated rings. The summed E-state index contributed by atoms with van der Waals surface area (Å²) in [5, 5.41) is 5.36. The number of likely N-dealkylation sites (N-methyl/N-ethyl adjacent to an activating group) is 1. The molecule has 0 aliphatic heterocycles. The fraction of sp³-hybridized carbons (Fsp3) is 0.368. The van der Waals surface area contributed by atoms with E-state index in [1.807, 2.05) is 24.1 Å². The van der Waals surface area contributed by atoms with Crippen molar-refractivity contribution in [3.8, 4) is 0 Å². The largest absolute Gasteiger partial charge is 0.356 e. The van der Waals surface area contributed by atoms with Crippen molar-refractivity contribution in [3.05, 3.63) is 58.0 Å². The summed E-state index contributed by atoms with van der Waals surface area (Å²) < 4.78 is 13.4. The number of carbonyl (C=O) groups is 1. The Morgan fingerprint density at radius 1 is 1.22 bits per heavy atom. The Morgan fingerprint density at radius 2 is 2.00 bits per heavy atom. The Morgan fingerprint density at radius 3 is 2.63 bits per heavy atom. The molecule has 0 atom stereocenters. The number of nitrogens with zero attached hydrogens (tertiary/aromatic N) is 3. The minimum Gasteiger partial charge on any atom is -0.356 e. The molecular weight excluding hydrogens is 478 g/mol. The highest BCUT2D eigenvalue weighted by molar-refractivity contribution is 14.0. The second-order valence-electron chi connectivity index (χ2n) is 6.17. The molecule has 0 saturated carbocycles. The lowest BCUT2D eigenvalue weighted by Gasteiger charge is -2.23. The lowest BCUT2D eigenvalue weighted by Crippen LogP contribution is -2.40. The molecule has 0 unspecified atom stereocenters. The van der Waals surface area contributed by atoms with Gasteiger partial charge in [0, 0.05) is 39.1 Å². The standard InChI is InChI=1S/C19H25FN4OS.HI/c1-23(2)18(25)13-22-19(21-10-9-17-8-5-11-26-17)24(3)14-15-6-4-7-16(20)12-15;/h4-8,11-12H,9-10,13-14H2,1-3H3,(H,21,22);1H. The highest BCUT2D eigenvalue weighted by Gasteiger charge is 2.10. The monoisotopic (exact) mass is 504 g/mol. The van der Waals surface area contributed by atoms with E-state index in [9.17, 15) is 9.18 Å². The molecule has 5 nitrogen and oxygen atoms in total. The molecule has 8 heteroatoms. The predicted molar refractivity (Wildman–Crippen MR) is 120 cm³/mol. The summed E-state index contributed by atoms with van der Waals surface area (Å²) in [6.07, 6.45) is 0.881. The molecule has 148 valence electrons. The van der Waals surface area contributed by atoms with Crippen molar-refractivity contribution in [1.82, 2.24) is 15.1 Å². The third-order valence-corrected chi connectivity index (χ3v) is 4.70. The number of rotatable bonds is 7. The maximum atomic E-state index is 13.4. The summed E-state index contributed by atoms with van der Waals surface area (Å²) in [5.74, 6) is 0.297. The fourth-order valence-electron chi connectivity index (χ4n) is 2.33. The summed E-state index contributed by atoms with van der Waals surface area (Å²) >= 11 is 1.71. The molecule has 0 aliphatic rings. The average molecular weight is 504 g/mol. The Balaban J connectivity index is 0.00000364. The molecule has 2 aromatic rings. The normalized spacial score (nSPS) is 10.9. The molecule has 1 aromatic heterocycles. The number of nitrogens with one attached hydrogen (secondary N) is 1. The van der Waals surface area contributed by atoms with Gasteiger partial charge in [-0.1, -0.05) is 18.2 Å². The number of hydrogen-bond donors (Lipinski definition) is 1. The van der Waals surface area contributed by atoms with Gasteiger partial charge in [0.1, 0.15) is 12.4 Å². The summed E-state index contributed by atoms with van der Waals surface area (Å²) in [5.41, 5.74) is 0.846. The number of hydrogen-bond acceptors (Lipinski definition) is 3. The minimum atomic E-state index is -0.261. The molecule has 0 bridgehead atoms. The summed E-state index contributed by atoms with van der Waals surface area (Å²) in [7, 11) is 5.29. The summed E-state index contributed by atoms with van der Waals surface area (Å²) in [6.45, 7) is 1.28.